The van der Waals surface area contributed by atoms with Gasteiger partial charge in [0.15, 0.2) is 0 Å². The summed E-state index contributed by atoms with van der Waals surface area (Å²) in [6.07, 6.45) is 0. The van der Waals surface area contributed by atoms with Gasteiger partial charge in [0.25, 0.3) is 0 Å². The van der Waals surface area contributed by atoms with E-state index in [4.69, 9.17) is 18.6 Å². The summed E-state index contributed by atoms with van der Waals surface area (Å²) in [5.74, 6) is 2.21. The molecule has 1 N–H and O–H groups in total. The molecule has 0 radical (unpaired) electrons. The highest BCUT2D eigenvalue weighted by atomic mass is 16.5. The van der Waals surface area contributed by atoms with Gasteiger partial charge in [-0.05, 0) is 79.7 Å². The van der Waals surface area contributed by atoms with Crippen molar-refractivity contribution >= 4 is 22.6 Å². The van der Waals surface area contributed by atoms with Crippen LogP contribution in [0, 0.1) is 6.92 Å². The smallest absolute Gasteiger partial charge is 0.343 e. The maximum Gasteiger partial charge on any atom is 0.343 e. The number of benzene rings is 4. The summed E-state index contributed by atoms with van der Waals surface area (Å²) >= 11 is 0. The molecule has 0 aliphatic rings. The number of rotatable bonds is 6. The number of fused-ring (bicyclic) bond motifs is 1. The summed E-state index contributed by atoms with van der Waals surface area (Å²) in [5.41, 5.74) is 4.13. The molecule has 184 valence electrons. The molecular weight excluding hydrogens is 466 g/mol. The average Bonchev–Trinajstić information content (AvgIpc) is 2.94. The van der Waals surface area contributed by atoms with E-state index in [0.717, 1.165) is 44.7 Å². The fraction of sp³-hybridized carbons (Fsp3) is 0.0968. The summed E-state index contributed by atoms with van der Waals surface area (Å²) in [5, 5.41) is 1.87. The first-order valence-electron chi connectivity index (χ1n) is 11.8. The topological polar surface area (TPSA) is 71.9 Å². The van der Waals surface area contributed by atoms with Gasteiger partial charge < -0.3 is 18.6 Å². The van der Waals surface area contributed by atoms with E-state index in [-0.39, 0.29) is 0 Å². The van der Waals surface area contributed by atoms with Crippen LogP contribution in [-0.2, 0) is 0 Å². The Labute approximate surface area is 214 Å². The van der Waals surface area contributed by atoms with Gasteiger partial charge in [-0.1, -0.05) is 11.6 Å². The molecule has 0 saturated heterocycles. The lowest BCUT2D eigenvalue weighted by Crippen LogP contribution is -2.70. The Balaban J connectivity index is 1.46. The molecule has 6 heteroatoms. The molecule has 0 spiro atoms. The molecule has 0 fully saturated rings. The Hall–Kier alpha value is -4.84. The molecule has 5 rings (SSSR count). The molecule has 0 saturated carbocycles. The summed E-state index contributed by atoms with van der Waals surface area (Å²) < 4.78 is 22.2. The zero-order chi connectivity index (χ0) is 25.8. The monoisotopic (exact) mass is 492 g/mol. The number of hydrogen-bond donors (Lipinski definition) is 1. The minimum absolute atomic E-state index is 0.432. The van der Waals surface area contributed by atoms with Crippen LogP contribution in [0.2, 0.25) is 0 Å². The highest BCUT2D eigenvalue weighted by molar-refractivity contribution is 5.91. The lowest BCUT2D eigenvalue weighted by molar-refractivity contribution is -0.400. The number of aryl methyl sites for hydroxylation is 1. The van der Waals surface area contributed by atoms with Crippen LogP contribution in [0.5, 0.6) is 17.2 Å². The molecule has 0 unspecified atom stereocenters. The Morgan fingerprint density at radius 3 is 2.00 bits per heavy atom. The van der Waals surface area contributed by atoms with Gasteiger partial charge in [-0.3, -0.25) is 0 Å². The molecule has 0 atom stereocenters. The van der Waals surface area contributed by atoms with E-state index in [2.05, 4.69) is 11.1 Å². The number of esters is 1. The summed E-state index contributed by atoms with van der Waals surface area (Å²) in [4.78, 5) is 16.0. The normalized spacial score (nSPS) is 11.4. The van der Waals surface area contributed by atoms with E-state index >= 15 is 0 Å². The number of nitrogens with one attached hydrogen (secondary N) is 1. The highest BCUT2D eigenvalue weighted by Gasteiger charge is 2.12. The van der Waals surface area contributed by atoms with Gasteiger partial charge in [-0.2, -0.15) is 0 Å². The molecule has 0 aliphatic carbocycles. The molecular formula is C31H26NO5+. The molecule has 6 nitrogen and oxygen atoms in total. The van der Waals surface area contributed by atoms with E-state index < -0.39 is 5.97 Å². The highest BCUT2D eigenvalue weighted by Crippen LogP contribution is 2.24. The molecule has 1 heterocycles. The first kappa shape index (κ1) is 23.9. The van der Waals surface area contributed by atoms with Crippen LogP contribution >= 0.6 is 0 Å². The van der Waals surface area contributed by atoms with Crippen LogP contribution in [-0.4, -0.2) is 20.2 Å². The Morgan fingerprint density at radius 1 is 0.730 bits per heavy atom. The van der Waals surface area contributed by atoms with Crippen molar-refractivity contribution in [3.8, 4) is 28.6 Å². The molecule has 5 aromatic rings. The SMILES string of the molecule is COc1ccc(C(=O)Oc2ccc([NH+]=c3cc(-c4ccc(OC)cc4)oc4ccc(C)cc34)cc2)cc1. The van der Waals surface area contributed by atoms with Gasteiger partial charge in [-0.15, -0.1) is 0 Å². The van der Waals surface area contributed by atoms with Gasteiger partial charge in [0, 0.05) is 17.7 Å². The second kappa shape index (κ2) is 10.4. The van der Waals surface area contributed by atoms with E-state index in [1.165, 1.54) is 0 Å². The third-order valence-electron chi connectivity index (χ3n) is 5.96. The van der Waals surface area contributed by atoms with E-state index in [0.29, 0.717) is 17.1 Å². The predicted molar refractivity (Wildman–Crippen MR) is 141 cm³/mol. The van der Waals surface area contributed by atoms with E-state index in [1.54, 1.807) is 50.6 Å². The maximum absolute atomic E-state index is 12.5. The first-order valence-corrected chi connectivity index (χ1v) is 11.8. The van der Waals surface area contributed by atoms with Crippen molar-refractivity contribution in [1.29, 1.82) is 0 Å². The second-order valence-corrected chi connectivity index (χ2v) is 8.52. The van der Waals surface area contributed by atoms with Crippen molar-refractivity contribution in [2.75, 3.05) is 14.2 Å². The van der Waals surface area contributed by atoms with E-state index in [9.17, 15) is 4.79 Å². The van der Waals surface area contributed by atoms with Crippen molar-refractivity contribution in [3.05, 3.63) is 114 Å². The minimum atomic E-state index is -0.432. The van der Waals surface area contributed by atoms with Crippen LogP contribution < -0.4 is 24.6 Å². The molecule has 0 amide bonds. The van der Waals surface area contributed by atoms with Crippen molar-refractivity contribution in [1.82, 2.24) is 0 Å². The standard InChI is InChI=1S/C31H25NO5/c1-20-4-17-29-27(18-20)28(19-30(37-29)21-5-11-24(34-2)12-6-21)32-23-9-15-26(16-10-23)36-31(33)22-7-13-25(35-3)14-8-22/h4-19H,1-3H3/p+1. The van der Waals surface area contributed by atoms with Crippen molar-refractivity contribution in [3.63, 3.8) is 0 Å². The van der Waals surface area contributed by atoms with Gasteiger partial charge in [0.2, 0.25) is 11.0 Å². The predicted octanol–water partition coefficient (Wildman–Crippen LogP) is 4.96. The zero-order valence-electron chi connectivity index (χ0n) is 20.8. The Bertz CT molecular complexity index is 1620. The largest absolute Gasteiger partial charge is 0.497 e. The van der Waals surface area contributed by atoms with E-state index in [1.807, 2.05) is 61.5 Å². The number of carbonyl (C=O) groups is 1. The van der Waals surface area contributed by atoms with Gasteiger partial charge in [-0.25, -0.2) is 9.79 Å². The fourth-order valence-electron chi connectivity index (χ4n) is 3.96. The van der Waals surface area contributed by atoms with Crippen molar-refractivity contribution in [2.24, 2.45) is 0 Å². The molecule has 0 aliphatic heterocycles. The third-order valence-corrected chi connectivity index (χ3v) is 5.96. The maximum atomic E-state index is 12.5. The van der Waals surface area contributed by atoms with Gasteiger partial charge >= 0.3 is 5.97 Å². The number of methoxy groups -OCH3 is 2. The number of ether oxygens (including phenoxy) is 3. The van der Waals surface area contributed by atoms with Crippen LogP contribution in [0.15, 0.2) is 101 Å². The molecule has 4 aromatic carbocycles. The zero-order valence-corrected chi connectivity index (χ0v) is 20.8. The quantitative estimate of drug-likeness (QED) is 0.268. The van der Waals surface area contributed by atoms with Crippen LogP contribution in [0.25, 0.3) is 22.3 Å². The molecule has 0 bridgehead atoms. The van der Waals surface area contributed by atoms with Gasteiger partial charge in [0.05, 0.1) is 31.2 Å². The third kappa shape index (κ3) is 5.38. The van der Waals surface area contributed by atoms with Crippen LogP contribution in [0.3, 0.4) is 0 Å². The second-order valence-electron chi connectivity index (χ2n) is 8.52. The average molecular weight is 493 g/mol. The summed E-state index contributed by atoms with van der Waals surface area (Å²) in [6, 6.07) is 29.9. The first-order chi connectivity index (χ1) is 18.0. The van der Waals surface area contributed by atoms with Crippen molar-refractivity contribution < 1.29 is 28.4 Å². The van der Waals surface area contributed by atoms with Crippen molar-refractivity contribution in [2.45, 2.75) is 6.92 Å². The number of carbonyl (C=O) groups excluding carboxylic acids is 1. The van der Waals surface area contributed by atoms with Gasteiger partial charge in [0.1, 0.15) is 28.6 Å². The molecule has 1 aromatic heterocycles. The Kier molecular flexibility index (Phi) is 6.72. The minimum Gasteiger partial charge on any atom is -0.497 e. The summed E-state index contributed by atoms with van der Waals surface area (Å²) in [6.45, 7) is 2.05. The number of hydrogen-bond acceptors (Lipinski definition) is 5. The van der Waals surface area contributed by atoms with Crippen LogP contribution in [0.4, 0.5) is 5.69 Å². The summed E-state index contributed by atoms with van der Waals surface area (Å²) in [7, 11) is 3.22. The fourth-order valence-corrected chi connectivity index (χ4v) is 3.96. The Morgan fingerprint density at radius 2 is 1.35 bits per heavy atom. The lowest BCUT2D eigenvalue weighted by atomic mass is 10.1. The molecule has 37 heavy (non-hydrogen) atoms. The lowest BCUT2D eigenvalue weighted by Gasteiger charge is -2.06. The van der Waals surface area contributed by atoms with Crippen LogP contribution in [0.1, 0.15) is 15.9 Å².